The molecule has 4 nitrogen and oxygen atoms in total. The number of aromatic amines is 1. The molecular weight excluding hydrogens is 369 g/mol. The molecule has 1 saturated heterocycles. The Morgan fingerprint density at radius 1 is 1.19 bits per heavy atom. The van der Waals surface area contributed by atoms with Crippen molar-refractivity contribution >= 4 is 46.2 Å². The van der Waals surface area contributed by atoms with Crippen molar-refractivity contribution in [1.82, 2.24) is 14.9 Å². The number of fused-ring (bicyclic) bond motifs is 1. The van der Waals surface area contributed by atoms with E-state index in [4.69, 9.17) is 23.2 Å². The van der Waals surface area contributed by atoms with Gasteiger partial charge in [0, 0.05) is 12.6 Å². The van der Waals surface area contributed by atoms with Crippen LogP contribution >= 0.6 is 23.2 Å². The Morgan fingerprint density at radius 3 is 2.88 bits per heavy atom. The number of imidazole rings is 1. The van der Waals surface area contributed by atoms with Gasteiger partial charge in [0.05, 0.1) is 27.1 Å². The number of halogens is 2. The minimum Gasteiger partial charge on any atom is -0.340 e. The van der Waals surface area contributed by atoms with Crippen LogP contribution in [0, 0.1) is 0 Å². The number of para-hydroxylation sites is 2. The minimum atomic E-state index is -0.0519. The van der Waals surface area contributed by atoms with Gasteiger partial charge in [-0.2, -0.15) is 0 Å². The molecule has 2 aromatic carbocycles. The normalized spacial score (nSPS) is 17.5. The Morgan fingerprint density at radius 2 is 2.04 bits per heavy atom. The molecule has 1 aliphatic heterocycles. The van der Waals surface area contributed by atoms with Crippen LogP contribution in [0.15, 0.2) is 48.5 Å². The van der Waals surface area contributed by atoms with Crippen molar-refractivity contribution in [2.24, 2.45) is 0 Å². The van der Waals surface area contributed by atoms with Crippen LogP contribution in [0.4, 0.5) is 0 Å². The lowest BCUT2D eigenvalue weighted by molar-refractivity contribution is -0.126. The molecule has 1 fully saturated rings. The molecule has 1 N–H and O–H groups in total. The number of likely N-dealkylation sites (tertiary alicyclic amines) is 1. The Labute approximate surface area is 161 Å². The number of hydrogen-bond acceptors (Lipinski definition) is 2. The fourth-order valence-electron chi connectivity index (χ4n) is 3.35. The summed E-state index contributed by atoms with van der Waals surface area (Å²) in [5.41, 5.74) is 2.64. The molecule has 1 aliphatic rings. The fourth-order valence-corrected chi connectivity index (χ4v) is 3.72. The highest BCUT2D eigenvalue weighted by molar-refractivity contribution is 6.42. The van der Waals surface area contributed by atoms with Crippen LogP contribution in [-0.4, -0.2) is 27.3 Å². The van der Waals surface area contributed by atoms with Gasteiger partial charge < -0.3 is 9.88 Å². The van der Waals surface area contributed by atoms with Gasteiger partial charge in [-0.3, -0.25) is 4.79 Å². The summed E-state index contributed by atoms with van der Waals surface area (Å²) in [4.78, 5) is 22.6. The first-order valence-electron chi connectivity index (χ1n) is 8.51. The molecule has 0 aliphatic carbocycles. The van der Waals surface area contributed by atoms with Crippen molar-refractivity contribution in [3.8, 4) is 0 Å². The average Bonchev–Trinajstić information content (AvgIpc) is 3.29. The zero-order valence-electron chi connectivity index (χ0n) is 14.0. The number of rotatable bonds is 3. The van der Waals surface area contributed by atoms with Gasteiger partial charge in [0.25, 0.3) is 0 Å². The number of carbonyl (C=O) groups excluding carboxylic acids is 1. The number of nitrogens with one attached hydrogen (secondary N) is 1. The predicted octanol–water partition coefficient (Wildman–Crippen LogP) is 5.25. The molecule has 3 aromatic rings. The topological polar surface area (TPSA) is 49.0 Å². The third-order valence-electron chi connectivity index (χ3n) is 4.65. The van der Waals surface area contributed by atoms with Crippen LogP contribution in [0.2, 0.25) is 10.0 Å². The fraction of sp³-hybridized carbons (Fsp3) is 0.200. The third kappa shape index (κ3) is 3.22. The maximum Gasteiger partial charge on any atom is 0.247 e. The minimum absolute atomic E-state index is 0.0330. The number of hydrogen-bond donors (Lipinski definition) is 1. The van der Waals surface area contributed by atoms with Crippen LogP contribution in [-0.2, 0) is 4.79 Å². The number of H-pyrrole nitrogens is 1. The van der Waals surface area contributed by atoms with E-state index in [0.717, 1.165) is 35.3 Å². The summed E-state index contributed by atoms with van der Waals surface area (Å²) < 4.78 is 0. The Hall–Kier alpha value is -2.30. The molecule has 1 aromatic heterocycles. The summed E-state index contributed by atoms with van der Waals surface area (Å²) in [6.45, 7) is 0.716. The van der Waals surface area contributed by atoms with E-state index in [0.29, 0.717) is 16.6 Å². The standard InChI is InChI=1S/C20H17Cl2N3O/c21-14-6-3-5-13(19(14)22)10-11-18(26)25-12-4-9-17(25)20-23-15-7-1-2-8-16(15)24-20/h1-3,5-8,10-11,17H,4,9,12H2,(H,23,24). The molecule has 0 saturated carbocycles. The molecule has 0 spiro atoms. The monoisotopic (exact) mass is 385 g/mol. The van der Waals surface area contributed by atoms with Gasteiger partial charge in [-0.15, -0.1) is 0 Å². The summed E-state index contributed by atoms with van der Waals surface area (Å²) in [5, 5.41) is 0.927. The van der Waals surface area contributed by atoms with Crippen molar-refractivity contribution in [3.05, 3.63) is 70.0 Å². The van der Waals surface area contributed by atoms with Crippen molar-refractivity contribution in [2.45, 2.75) is 18.9 Å². The number of carbonyl (C=O) groups is 1. The highest BCUT2D eigenvalue weighted by atomic mass is 35.5. The van der Waals surface area contributed by atoms with Crippen LogP contribution < -0.4 is 0 Å². The number of benzene rings is 2. The molecule has 26 heavy (non-hydrogen) atoms. The summed E-state index contributed by atoms with van der Waals surface area (Å²) in [7, 11) is 0. The van der Waals surface area contributed by atoms with Crippen LogP contribution in [0.25, 0.3) is 17.1 Å². The molecule has 1 unspecified atom stereocenters. The average molecular weight is 386 g/mol. The lowest BCUT2D eigenvalue weighted by atomic mass is 10.2. The first-order chi connectivity index (χ1) is 12.6. The Kier molecular flexibility index (Phi) is 4.70. The SMILES string of the molecule is O=C(C=Cc1cccc(Cl)c1Cl)N1CCCC1c1nc2ccccc2[nH]1. The molecule has 0 radical (unpaired) electrons. The number of amides is 1. The zero-order chi connectivity index (χ0) is 18.1. The van der Waals surface area contributed by atoms with Crippen molar-refractivity contribution in [1.29, 1.82) is 0 Å². The van der Waals surface area contributed by atoms with E-state index in [1.807, 2.05) is 41.3 Å². The van der Waals surface area contributed by atoms with Gasteiger partial charge in [-0.25, -0.2) is 4.98 Å². The maximum atomic E-state index is 12.7. The highest BCUT2D eigenvalue weighted by Crippen LogP contribution is 2.32. The zero-order valence-corrected chi connectivity index (χ0v) is 15.5. The second-order valence-corrected chi connectivity index (χ2v) is 7.09. The maximum absolute atomic E-state index is 12.7. The quantitative estimate of drug-likeness (QED) is 0.626. The largest absolute Gasteiger partial charge is 0.340 e. The predicted molar refractivity (Wildman–Crippen MR) is 105 cm³/mol. The highest BCUT2D eigenvalue weighted by Gasteiger charge is 2.31. The summed E-state index contributed by atoms with van der Waals surface area (Å²) in [6.07, 6.45) is 5.12. The first kappa shape index (κ1) is 17.1. The molecule has 0 bridgehead atoms. The summed E-state index contributed by atoms with van der Waals surface area (Å²) in [6, 6.07) is 13.2. The van der Waals surface area contributed by atoms with Gasteiger partial charge in [0.2, 0.25) is 5.91 Å². The van der Waals surface area contributed by atoms with E-state index in [1.54, 1.807) is 18.2 Å². The molecule has 1 atom stereocenters. The molecule has 4 rings (SSSR count). The molecular formula is C20H17Cl2N3O. The van der Waals surface area contributed by atoms with Crippen LogP contribution in [0.1, 0.15) is 30.3 Å². The van der Waals surface area contributed by atoms with E-state index >= 15 is 0 Å². The number of aromatic nitrogens is 2. The van der Waals surface area contributed by atoms with Crippen molar-refractivity contribution < 1.29 is 4.79 Å². The third-order valence-corrected chi connectivity index (χ3v) is 5.48. The summed E-state index contributed by atoms with van der Waals surface area (Å²) in [5.74, 6) is 0.787. The van der Waals surface area contributed by atoms with E-state index in [-0.39, 0.29) is 11.9 Å². The second-order valence-electron chi connectivity index (χ2n) is 6.31. The Balaban J connectivity index is 1.57. The first-order valence-corrected chi connectivity index (χ1v) is 9.26. The Bertz CT molecular complexity index is 963. The van der Waals surface area contributed by atoms with Gasteiger partial charge >= 0.3 is 0 Å². The lowest BCUT2D eigenvalue weighted by Crippen LogP contribution is -2.29. The molecule has 2 heterocycles. The van der Waals surface area contributed by atoms with E-state index in [2.05, 4.69) is 9.97 Å². The van der Waals surface area contributed by atoms with Gasteiger partial charge in [0.15, 0.2) is 0 Å². The van der Waals surface area contributed by atoms with Gasteiger partial charge in [0.1, 0.15) is 5.82 Å². The number of nitrogens with zero attached hydrogens (tertiary/aromatic N) is 2. The van der Waals surface area contributed by atoms with E-state index in [9.17, 15) is 4.79 Å². The second kappa shape index (κ2) is 7.14. The van der Waals surface area contributed by atoms with E-state index in [1.165, 1.54) is 0 Å². The van der Waals surface area contributed by atoms with Gasteiger partial charge in [-0.05, 0) is 42.7 Å². The lowest BCUT2D eigenvalue weighted by Gasteiger charge is -2.21. The van der Waals surface area contributed by atoms with Crippen LogP contribution in [0.5, 0.6) is 0 Å². The van der Waals surface area contributed by atoms with Crippen molar-refractivity contribution in [3.63, 3.8) is 0 Å². The molecule has 6 heteroatoms. The molecule has 132 valence electrons. The molecule has 1 amide bonds. The van der Waals surface area contributed by atoms with Gasteiger partial charge in [-0.1, -0.05) is 47.5 Å². The smallest absolute Gasteiger partial charge is 0.247 e. The summed E-state index contributed by atoms with van der Waals surface area (Å²) >= 11 is 12.2. The van der Waals surface area contributed by atoms with E-state index < -0.39 is 0 Å². The van der Waals surface area contributed by atoms with Crippen LogP contribution in [0.3, 0.4) is 0 Å². The van der Waals surface area contributed by atoms with Crippen molar-refractivity contribution in [2.75, 3.05) is 6.54 Å².